The van der Waals surface area contributed by atoms with Crippen LogP contribution >= 0.6 is 0 Å². The van der Waals surface area contributed by atoms with Gasteiger partial charge in [0.2, 0.25) is 5.91 Å². The number of aromatic amines is 1. The third-order valence-corrected chi connectivity index (χ3v) is 4.95. The van der Waals surface area contributed by atoms with E-state index in [0.717, 1.165) is 31.0 Å². The number of aliphatic imine (C=N–C) groups is 1. The third kappa shape index (κ3) is 6.01. The Morgan fingerprint density at radius 1 is 1.16 bits per heavy atom. The van der Waals surface area contributed by atoms with E-state index in [1.54, 1.807) is 7.11 Å². The molecular formula is C24H31N5O2. The van der Waals surface area contributed by atoms with Crippen molar-refractivity contribution < 1.29 is 9.53 Å². The van der Waals surface area contributed by atoms with Gasteiger partial charge in [0.25, 0.3) is 0 Å². The van der Waals surface area contributed by atoms with Crippen molar-refractivity contribution in [3.05, 3.63) is 59.3 Å². The lowest BCUT2D eigenvalue weighted by atomic mass is 10.1. The number of rotatable bonds is 8. The maximum Gasteiger partial charge on any atom is 0.221 e. The molecule has 3 rings (SSSR count). The maximum absolute atomic E-state index is 11.4. The number of carbonyl (C=O) groups excluding carboxylic acids is 1. The van der Waals surface area contributed by atoms with Crippen LogP contribution in [0, 0.1) is 6.92 Å². The molecule has 0 fully saturated rings. The minimum Gasteiger partial charge on any atom is -0.495 e. The van der Waals surface area contributed by atoms with Gasteiger partial charge in [-0.15, -0.1) is 0 Å². The van der Waals surface area contributed by atoms with E-state index in [0.29, 0.717) is 18.0 Å². The molecule has 3 aromatic rings. The van der Waals surface area contributed by atoms with E-state index in [9.17, 15) is 4.79 Å². The Bertz CT molecular complexity index is 1070. The molecule has 7 nitrogen and oxygen atoms in total. The van der Waals surface area contributed by atoms with Crippen molar-refractivity contribution in [2.75, 3.05) is 25.5 Å². The molecule has 0 saturated heterocycles. The number of fused-ring (bicyclic) bond motifs is 1. The van der Waals surface area contributed by atoms with Gasteiger partial charge in [0.15, 0.2) is 5.96 Å². The first-order valence-corrected chi connectivity index (χ1v) is 10.5. The smallest absolute Gasteiger partial charge is 0.221 e. The van der Waals surface area contributed by atoms with E-state index < -0.39 is 0 Å². The summed E-state index contributed by atoms with van der Waals surface area (Å²) in [6, 6.07) is 12.2. The number of benzene rings is 2. The van der Waals surface area contributed by atoms with E-state index >= 15 is 0 Å². The number of carbonyl (C=O) groups is 1. The largest absolute Gasteiger partial charge is 0.495 e. The second-order valence-electron chi connectivity index (χ2n) is 7.45. The summed E-state index contributed by atoms with van der Waals surface area (Å²) in [6.45, 7) is 7.65. The molecule has 0 spiro atoms. The molecule has 0 radical (unpaired) electrons. The highest BCUT2D eigenvalue weighted by molar-refractivity contribution is 5.90. The highest BCUT2D eigenvalue weighted by atomic mass is 16.5. The van der Waals surface area contributed by atoms with Crippen molar-refractivity contribution >= 4 is 28.5 Å². The fourth-order valence-corrected chi connectivity index (χ4v) is 3.48. The molecule has 0 atom stereocenters. The van der Waals surface area contributed by atoms with Gasteiger partial charge in [0.1, 0.15) is 5.75 Å². The third-order valence-electron chi connectivity index (χ3n) is 4.95. The van der Waals surface area contributed by atoms with E-state index in [1.807, 2.05) is 25.1 Å². The number of aryl methyl sites for hydroxylation is 1. The van der Waals surface area contributed by atoms with Gasteiger partial charge in [-0.2, -0.15) is 0 Å². The van der Waals surface area contributed by atoms with Crippen LogP contribution in [-0.4, -0.2) is 37.1 Å². The zero-order valence-electron chi connectivity index (χ0n) is 18.6. The molecule has 1 heterocycles. The second-order valence-corrected chi connectivity index (χ2v) is 7.45. The first-order chi connectivity index (χ1) is 15.0. The van der Waals surface area contributed by atoms with Crippen molar-refractivity contribution in [3.63, 3.8) is 0 Å². The first kappa shape index (κ1) is 22.2. The summed E-state index contributed by atoms with van der Waals surface area (Å²) >= 11 is 0. The molecule has 0 aliphatic rings. The average molecular weight is 422 g/mol. The molecule has 0 aliphatic heterocycles. The van der Waals surface area contributed by atoms with Crippen LogP contribution in [0.3, 0.4) is 0 Å². The Kier molecular flexibility index (Phi) is 7.54. The van der Waals surface area contributed by atoms with Crippen molar-refractivity contribution in [2.45, 2.75) is 33.7 Å². The topological polar surface area (TPSA) is 90.5 Å². The first-order valence-electron chi connectivity index (χ1n) is 10.5. The van der Waals surface area contributed by atoms with Gasteiger partial charge >= 0.3 is 0 Å². The van der Waals surface area contributed by atoms with E-state index in [2.05, 4.69) is 57.2 Å². The summed E-state index contributed by atoms with van der Waals surface area (Å²) in [5, 5.41) is 10.7. The summed E-state index contributed by atoms with van der Waals surface area (Å²) in [4.78, 5) is 19.5. The molecule has 31 heavy (non-hydrogen) atoms. The molecule has 1 aromatic heterocycles. The zero-order valence-corrected chi connectivity index (χ0v) is 18.6. The Balaban J connectivity index is 1.64. The van der Waals surface area contributed by atoms with Gasteiger partial charge in [0, 0.05) is 37.1 Å². The Labute approximate surface area is 183 Å². The predicted octanol–water partition coefficient (Wildman–Crippen LogP) is 3.74. The molecule has 0 unspecified atom stereocenters. The predicted molar refractivity (Wildman–Crippen MR) is 127 cm³/mol. The number of anilines is 1. The molecular weight excluding hydrogens is 390 g/mol. The Morgan fingerprint density at radius 3 is 2.74 bits per heavy atom. The monoisotopic (exact) mass is 421 g/mol. The van der Waals surface area contributed by atoms with Crippen molar-refractivity contribution in [2.24, 2.45) is 4.99 Å². The number of aromatic nitrogens is 1. The molecule has 0 aliphatic carbocycles. The normalized spacial score (nSPS) is 11.4. The minimum atomic E-state index is -0.138. The van der Waals surface area contributed by atoms with Gasteiger partial charge in [0.05, 0.1) is 19.3 Å². The number of nitrogens with zero attached hydrogens (tertiary/aromatic N) is 1. The molecule has 7 heteroatoms. The summed E-state index contributed by atoms with van der Waals surface area (Å²) in [6.07, 6.45) is 2.97. The fourth-order valence-electron chi connectivity index (χ4n) is 3.48. The number of amides is 1. The van der Waals surface area contributed by atoms with E-state index in [1.165, 1.54) is 29.0 Å². The molecule has 2 aromatic carbocycles. The highest BCUT2D eigenvalue weighted by Crippen LogP contribution is 2.25. The Hall–Kier alpha value is -3.48. The molecule has 164 valence electrons. The number of hydrogen-bond donors (Lipinski definition) is 4. The number of ether oxygens (including phenoxy) is 1. The molecule has 4 N–H and O–H groups in total. The zero-order chi connectivity index (χ0) is 22.2. The SMILES string of the molecule is CCNC(=NCc1ccc(OC)c(NC(C)=O)c1)NCCc1c[nH]c2cc(C)ccc12. The van der Waals surface area contributed by atoms with Crippen LogP contribution in [0.5, 0.6) is 5.75 Å². The van der Waals surface area contributed by atoms with Crippen molar-refractivity contribution in [1.29, 1.82) is 0 Å². The average Bonchev–Trinajstić information content (AvgIpc) is 3.13. The van der Waals surface area contributed by atoms with E-state index in [4.69, 9.17) is 4.74 Å². The highest BCUT2D eigenvalue weighted by Gasteiger charge is 2.07. The van der Waals surface area contributed by atoms with Crippen LogP contribution in [-0.2, 0) is 17.8 Å². The summed E-state index contributed by atoms with van der Waals surface area (Å²) in [5.74, 6) is 1.25. The van der Waals surface area contributed by atoms with Gasteiger partial charge in [-0.1, -0.05) is 18.2 Å². The lowest BCUT2D eigenvalue weighted by molar-refractivity contribution is -0.114. The molecule has 0 saturated carbocycles. The van der Waals surface area contributed by atoms with Crippen LogP contribution in [0.15, 0.2) is 47.6 Å². The number of H-pyrrole nitrogens is 1. The number of guanidine groups is 1. The summed E-state index contributed by atoms with van der Waals surface area (Å²) in [5.41, 5.74) is 5.34. The standard InChI is InChI=1S/C24H31N5O2/c1-5-25-24(26-11-10-19-15-27-21-12-16(2)6-8-20(19)21)28-14-18-7-9-23(31-4)22(13-18)29-17(3)30/h6-9,12-13,15,27H,5,10-11,14H2,1-4H3,(H,29,30)(H2,25,26,28). The van der Waals surface area contributed by atoms with Crippen LogP contribution in [0.4, 0.5) is 5.69 Å². The van der Waals surface area contributed by atoms with Gasteiger partial charge in [-0.3, -0.25) is 4.79 Å². The van der Waals surface area contributed by atoms with Crippen LogP contribution in [0.25, 0.3) is 10.9 Å². The molecule has 1 amide bonds. The molecule has 0 bridgehead atoms. The summed E-state index contributed by atoms with van der Waals surface area (Å²) in [7, 11) is 1.58. The quantitative estimate of drug-likeness (QED) is 0.329. The summed E-state index contributed by atoms with van der Waals surface area (Å²) < 4.78 is 5.31. The van der Waals surface area contributed by atoms with Gasteiger partial charge in [-0.25, -0.2) is 4.99 Å². The van der Waals surface area contributed by atoms with Crippen molar-refractivity contribution in [3.8, 4) is 5.75 Å². The number of nitrogens with one attached hydrogen (secondary N) is 4. The van der Waals surface area contributed by atoms with Crippen LogP contribution in [0.2, 0.25) is 0 Å². The lowest BCUT2D eigenvalue weighted by Crippen LogP contribution is -2.38. The maximum atomic E-state index is 11.4. The lowest BCUT2D eigenvalue weighted by Gasteiger charge is -2.12. The second kappa shape index (κ2) is 10.5. The van der Waals surface area contributed by atoms with Crippen LogP contribution in [0.1, 0.15) is 30.5 Å². The van der Waals surface area contributed by atoms with Gasteiger partial charge < -0.3 is 25.7 Å². The fraction of sp³-hybridized carbons (Fsp3) is 0.333. The van der Waals surface area contributed by atoms with Crippen molar-refractivity contribution in [1.82, 2.24) is 15.6 Å². The number of methoxy groups -OCH3 is 1. The minimum absolute atomic E-state index is 0.138. The Morgan fingerprint density at radius 2 is 2.00 bits per heavy atom. The number of hydrogen-bond acceptors (Lipinski definition) is 3. The van der Waals surface area contributed by atoms with E-state index in [-0.39, 0.29) is 5.91 Å². The van der Waals surface area contributed by atoms with Gasteiger partial charge in [-0.05, 0) is 55.2 Å². The van der Waals surface area contributed by atoms with Crippen LogP contribution < -0.4 is 20.7 Å².